The minimum atomic E-state index is -2.89. The second-order valence-electron chi connectivity index (χ2n) is 4.04. The highest BCUT2D eigenvalue weighted by Crippen LogP contribution is 2.16. The maximum Gasteiger partial charge on any atom is 0.151 e. The first-order valence-corrected chi connectivity index (χ1v) is 8.19. The van der Waals surface area contributed by atoms with Crippen molar-refractivity contribution in [3.05, 3.63) is 22.4 Å². The lowest BCUT2D eigenvalue weighted by Gasteiger charge is -2.19. The first-order valence-electron chi connectivity index (χ1n) is 5.43. The molecule has 0 aliphatic heterocycles. The molecule has 1 aromatic heterocycles. The molecule has 0 bridgehead atoms. The Bertz CT molecular complexity index is 398. The fourth-order valence-corrected chi connectivity index (χ4v) is 3.44. The van der Waals surface area contributed by atoms with E-state index >= 15 is 0 Å². The van der Waals surface area contributed by atoms with Crippen molar-refractivity contribution in [2.45, 2.75) is 32.9 Å². The molecule has 1 N–H and O–H groups in total. The van der Waals surface area contributed by atoms with E-state index in [0.717, 1.165) is 0 Å². The molecule has 0 saturated heterocycles. The van der Waals surface area contributed by atoms with Gasteiger partial charge in [-0.1, -0.05) is 6.92 Å². The highest BCUT2D eigenvalue weighted by atomic mass is 32.2. The molecular formula is C11H19NO2S2. The predicted molar refractivity (Wildman–Crippen MR) is 69.7 cm³/mol. The smallest absolute Gasteiger partial charge is 0.151 e. The molecule has 3 nitrogen and oxygen atoms in total. The average molecular weight is 261 g/mol. The summed E-state index contributed by atoms with van der Waals surface area (Å²) >= 11 is 1.65. The van der Waals surface area contributed by atoms with Gasteiger partial charge >= 0.3 is 0 Å². The quantitative estimate of drug-likeness (QED) is 0.854. The van der Waals surface area contributed by atoms with E-state index in [1.165, 1.54) is 5.56 Å². The lowest BCUT2D eigenvalue weighted by atomic mass is 10.1. The van der Waals surface area contributed by atoms with Crippen LogP contribution in [0.5, 0.6) is 0 Å². The van der Waals surface area contributed by atoms with Crippen molar-refractivity contribution in [1.29, 1.82) is 0 Å². The second kappa shape index (κ2) is 5.80. The summed E-state index contributed by atoms with van der Waals surface area (Å²) in [5.74, 6) is 0.420. The molecule has 0 fully saturated rings. The van der Waals surface area contributed by atoms with Gasteiger partial charge < -0.3 is 5.32 Å². The summed E-state index contributed by atoms with van der Waals surface area (Å²) < 4.78 is 22.9. The van der Waals surface area contributed by atoms with Crippen LogP contribution in [-0.4, -0.2) is 26.0 Å². The van der Waals surface area contributed by atoms with Gasteiger partial charge in [0.25, 0.3) is 0 Å². The maximum absolute atomic E-state index is 11.4. The predicted octanol–water partition coefficient (Wildman–Crippen LogP) is 2.22. The monoisotopic (exact) mass is 261 g/mol. The molecule has 1 heterocycles. The highest BCUT2D eigenvalue weighted by Gasteiger charge is 2.16. The Hall–Kier alpha value is -0.390. The Kier molecular flexibility index (Phi) is 4.95. The number of hydrogen-bond acceptors (Lipinski definition) is 4. The van der Waals surface area contributed by atoms with Crippen molar-refractivity contribution >= 4 is 21.2 Å². The van der Waals surface area contributed by atoms with E-state index in [2.05, 4.69) is 23.7 Å². The van der Waals surface area contributed by atoms with E-state index in [-0.39, 0.29) is 23.6 Å². The van der Waals surface area contributed by atoms with Crippen LogP contribution >= 0.6 is 11.3 Å². The van der Waals surface area contributed by atoms with Gasteiger partial charge in [0.15, 0.2) is 9.84 Å². The van der Waals surface area contributed by atoms with Gasteiger partial charge in [0, 0.05) is 17.8 Å². The Morgan fingerprint density at radius 1 is 1.44 bits per heavy atom. The van der Waals surface area contributed by atoms with Crippen LogP contribution in [0.25, 0.3) is 0 Å². The molecular weight excluding hydrogens is 242 g/mol. The van der Waals surface area contributed by atoms with Gasteiger partial charge in [-0.05, 0) is 36.2 Å². The van der Waals surface area contributed by atoms with Crippen LogP contribution in [0, 0.1) is 0 Å². The minimum absolute atomic E-state index is 0.0140. The van der Waals surface area contributed by atoms with Gasteiger partial charge in [-0.2, -0.15) is 11.3 Å². The molecule has 1 rings (SSSR count). The minimum Gasteiger partial charge on any atom is -0.307 e. The van der Waals surface area contributed by atoms with E-state index in [4.69, 9.17) is 0 Å². The van der Waals surface area contributed by atoms with Gasteiger partial charge in [0.1, 0.15) is 0 Å². The third kappa shape index (κ3) is 4.23. The fraction of sp³-hybridized carbons (Fsp3) is 0.636. The Morgan fingerprint density at radius 3 is 2.62 bits per heavy atom. The summed E-state index contributed by atoms with van der Waals surface area (Å²) in [4.78, 5) is 0. The summed E-state index contributed by atoms with van der Waals surface area (Å²) in [7, 11) is -2.89. The lowest BCUT2D eigenvalue weighted by Crippen LogP contribution is -2.35. The summed E-state index contributed by atoms with van der Waals surface area (Å²) in [6.07, 6.45) is 0. The molecule has 1 aromatic rings. The van der Waals surface area contributed by atoms with Crippen LogP contribution in [0.3, 0.4) is 0 Å². The molecule has 0 spiro atoms. The zero-order valence-electron chi connectivity index (χ0n) is 9.93. The Morgan fingerprint density at radius 2 is 2.12 bits per heavy atom. The van der Waals surface area contributed by atoms with Crippen LogP contribution in [0.4, 0.5) is 0 Å². The molecule has 0 aliphatic rings. The van der Waals surface area contributed by atoms with E-state index in [9.17, 15) is 8.42 Å². The van der Waals surface area contributed by atoms with Crippen molar-refractivity contribution in [3.63, 3.8) is 0 Å². The molecule has 5 heteroatoms. The van der Waals surface area contributed by atoms with Crippen LogP contribution in [0.2, 0.25) is 0 Å². The molecule has 0 unspecified atom stereocenters. The third-order valence-electron chi connectivity index (χ3n) is 2.52. The first-order chi connectivity index (χ1) is 7.44. The van der Waals surface area contributed by atoms with Gasteiger partial charge in [-0.25, -0.2) is 8.42 Å². The summed E-state index contributed by atoms with van der Waals surface area (Å²) in [5, 5.41) is 7.41. The Balaban J connectivity index is 2.49. The third-order valence-corrected chi connectivity index (χ3v) is 5.11. The number of nitrogens with one attached hydrogen (secondary N) is 1. The van der Waals surface area contributed by atoms with Crippen molar-refractivity contribution < 1.29 is 8.42 Å². The molecule has 0 amide bonds. The molecule has 0 aliphatic carbocycles. The number of thiophene rings is 1. The summed E-state index contributed by atoms with van der Waals surface area (Å²) in [5.41, 5.74) is 1.21. The normalized spacial score (nSPS) is 15.9. The molecule has 16 heavy (non-hydrogen) atoms. The van der Waals surface area contributed by atoms with Crippen molar-refractivity contribution in [1.82, 2.24) is 5.32 Å². The lowest BCUT2D eigenvalue weighted by molar-refractivity contribution is 0.500. The van der Waals surface area contributed by atoms with Crippen molar-refractivity contribution in [3.8, 4) is 0 Å². The van der Waals surface area contributed by atoms with E-state index in [1.54, 1.807) is 18.3 Å². The number of rotatable bonds is 6. The molecule has 0 radical (unpaired) electrons. The van der Waals surface area contributed by atoms with E-state index < -0.39 is 9.84 Å². The zero-order valence-corrected chi connectivity index (χ0v) is 11.6. The number of sulfone groups is 1. The summed E-state index contributed by atoms with van der Waals surface area (Å²) in [6.45, 7) is 5.65. The summed E-state index contributed by atoms with van der Waals surface area (Å²) in [6, 6.07) is 2.25. The van der Waals surface area contributed by atoms with Gasteiger partial charge in [0.05, 0.1) is 5.75 Å². The van der Waals surface area contributed by atoms with E-state index in [1.807, 2.05) is 12.3 Å². The SMILES string of the molecule is CCS(=O)(=O)C[C@H](C)N[C@H](C)c1ccsc1. The molecule has 2 atom stereocenters. The van der Waals surface area contributed by atoms with Crippen LogP contribution in [0.15, 0.2) is 16.8 Å². The molecule has 92 valence electrons. The van der Waals surface area contributed by atoms with E-state index in [0.29, 0.717) is 0 Å². The largest absolute Gasteiger partial charge is 0.307 e. The second-order valence-corrected chi connectivity index (χ2v) is 7.22. The van der Waals surface area contributed by atoms with Crippen molar-refractivity contribution in [2.24, 2.45) is 0 Å². The first kappa shape index (κ1) is 13.7. The maximum atomic E-state index is 11.4. The van der Waals surface area contributed by atoms with Gasteiger partial charge in [-0.15, -0.1) is 0 Å². The van der Waals surface area contributed by atoms with Crippen molar-refractivity contribution in [2.75, 3.05) is 11.5 Å². The molecule has 0 aromatic carbocycles. The number of hydrogen-bond donors (Lipinski definition) is 1. The topological polar surface area (TPSA) is 46.2 Å². The van der Waals surface area contributed by atoms with Crippen LogP contribution in [-0.2, 0) is 9.84 Å². The zero-order chi connectivity index (χ0) is 12.2. The Labute approximate surface area is 102 Å². The average Bonchev–Trinajstić information content (AvgIpc) is 2.69. The highest BCUT2D eigenvalue weighted by molar-refractivity contribution is 7.91. The fourth-order valence-electron chi connectivity index (χ4n) is 1.59. The van der Waals surface area contributed by atoms with Crippen LogP contribution in [0.1, 0.15) is 32.4 Å². The molecule has 0 saturated carbocycles. The van der Waals surface area contributed by atoms with Gasteiger partial charge in [-0.3, -0.25) is 0 Å². The van der Waals surface area contributed by atoms with Gasteiger partial charge in [0.2, 0.25) is 0 Å². The van der Waals surface area contributed by atoms with Crippen LogP contribution < -0.4 is 5.32 Å². The standard InChI is InChI=1S/C11H19NO2S2/c1-4-16(13,14)8-9(2)12-10(3)11-5-6-15-7-11/h5-7,9-10,12H,4,8H2,1-3H3/t9-,10+/m0/s1.